The van der Waals surface area contributed by atoms with Crippen molar-refractivity contribution >= 4 is 42.6 Å². The maximum absolute atomic E-state index is 13.6. The number of benzene rings is 3. The molecule has 0 spiro atoms. The fourth-order valence-electron chi connectivity index (χ4n) is 5.24. The number of carbonyl (C=O) groups is 1. The zero-order valence-corrected chi connectivity index (χ0v) is 24.4. The summed E-state index contributed by atoms with van der Waals surface area (Å²) in [6, 6.07) is 17.0. The maximum atomic E-state index is 13.6. The maximum Gasteiger partial charge on any atom is 0.255 e. The monoisotopic (exact) mass is 599 g/mol. The summed E-state index contributed by atoms with van der Waals surface area (Å²) in [5.41, 5.74) is 1.86. The minimum atomic E-state index is -3.78. The quantitative estimate of drug-likeness (QED) is 0.333. The summed E-state index contributed by atoms with van der Waals surface area (Å²) in [4.78, 5) is 13.3. The number of amides is 1. The number of nitrogens with zero attached hydrogens (tertiary/aromatic N) is 2. The summed E-state index contributed by atoms with van der Waals surface area (Å²) in [6.07, 6.45) is 2.25. The summed E-state index contributed by atoms with van der Waals surface area (Å²) < 4.78 is 74.6. The standard InChI is InChI=1S/C29H30FN3O6S2/c1-31-29(34)27-24-16-23(20-8-7-15-33(18-20)41(37,38)22-9-5-4-6-10-22)25(32(2)40(3,35)36)17-26(24)39-28(27)19-11-13-21(30)14-12-19/h4-6,9-14,16-17,20H,7-8,15,18H2,1-3H3,(H,31,34)/t20-/m0/s1. The van der Waals surface area contributed by atoms with Gasteiger partial charge in [-0.05, 0) is 66.8 Å². The van der Waals surface area contributed by atoms with Crippen molar-refractivity contribution in [3.63, 3.8) is 0 Å². The highest BCUT2D eigenvalue weighted by Gasteiger charge is 2.34. The topological polar surface area (TPSA) is 117 Å². The smallest absolute Gasteiger partial charge is 0.255 e. The zero-order valence-electron chi connectivity index (χ0n) is 22.8. The first-order chi connectivity index (χ1) is 19.4. The molecule has 0 unspecified atom stereocenters. The number of nitrogens with one attached hydrogen (secondary N) is 1. The van der Waals surface area contributed by atoms with Gasteiger partial charge in [0.1, 0.15) is 17.2 Å². The van der Waals surface area contributed by atoms with Crippen LogP contribution in [0.1, 0.15) is 34.7 Å². The molecule has 5 rings (SSSR count). The Hall–Kier alpha value is -3.74. The third-order valence-corrected chi connectivity index (χ3v) is 10.5. The van der Waals surface area contributed by atoms with Crippen molar-refractivity contribution in [3.05, 3.63) is 83.7 Å². The molecular weight excluding hydrogens is 569 g/mol. The van der Waals surface area contributed by atoms with E-state index in [2.05, 4.69) is 5.32 Å². The molecule has 216 valence electrons. The van der Waals surface area contributed by atoms with E-state index in [1.807, 2.05) is 0 Å². The summed E-state index contributed by atoms with van der Waals surface area (Å²) in [7, 11) is -4.59. The highest BCUT2D eigenvalue weighted by molar-refractivity contribution is 7.92. The highest BCUT2D eigenvalue weighted by atomic mass is 32.2. The molecule has 1 aliphatic rings. The largest absolute Gasteiger partial charge is 0.455 e. The third-order valence-electron chi connectivity index (χ3n) is 7.44. The molecule has 1 atom stereocenters. The van der Waals surface area contributed by atoms with Crippen LogP contribution in [-0.2, 0) is 20.0 Å². The van der Waals surface area contributed by atoms with Crippen molar-refractivity contribution in [1.29, 1.82) is 0 Å². The molecule has 2 heterocycles. The van der Waals surface area contributed by atoms with Crippen molar-refractivity contribution in [1.82, 2.24) is 9.62 Å². The van der Waals surface area contributed by atoms with Gasteiger partial charge in [0.25, 0.3) is 5.91 Å². The second-order valence-electron chi connectivity index (χ2n) is 10.0. The SMILES string of the molecule is CNC(=O)c1c(-c2ccc(F)cc2)oc2cc(N(C)S(C)(=O)=O)c([C@H]3CCCN(S(=O)(=O)c4ccccc4)C3)cc12. The fraction of sp³-hybridized carbons (Fsp3) is 0.276. The second-order valence-corrected chi connectivity index (χ2v) is 14.0. The van der Waals surface area contributed by atoms with Gasteiger partial charge >= 0.3 is 0 Å². The molecule has 0 bridgehead atoms. The molecule has 12 heteroatoms. The summed E-state index contributed by atoms with van der Waals surface area (Å²) in [6.45, 7) is 0.461. The molecule has 1 fully saturated rings. The molecule has 1 N–H and O–H groups in total. The number of halogens is 1. The van der Waals surface area contributed by atoms with Crippen LogP contribution in [0.5, 0.6) is 0 Å². The first-order valence-corrected chi connectivity index (χ1v) is 16.3. The summed E-state index contributed by atoms with van der Waals surface area (Å²) in [5, 5.41) is 3.06. The summed E-state index contributed by atoms with van der Waals surface area (Å²) in [5.74, 6) is -1.04. The number of sulfonamides is 2. The Labute approximate surface area is 238 Å². The molecular formula is C29H30FN3O6S2. The van der Waals surface area contributed by atoms with Gasteiger partial charge in [0.15, 0.2) is 0 Å². The molecule has 1 aromatic heterocycles. The van der Waals surface area contributed by atoms with Crippen molar-refractivity contribution in [2.24, 2.45) is 0 Å². The predicted octanol–water partition coefficient (Wildman–Crippen LogP) is 4.56. The van der Waals surface area contributed by atoms with Gasteiger partial charge in [-0.2, -0.15) is 4.31 Å². The fourth-order valence-corrected chi connectivity index (χ4v) is 7.30. The Morgan fingerprint density at radius 3 is 2.37 bits per heavy atom. The number of hydrogen-bond acceptors (Lipinski definition) is 6. The number of furan rings is 1. The van der Waals surface area contributed by atoms with Crippen molar-refractivity contribution in [2.45, 2.75) is 23.7 Å². The van der Waals surface area contributed by atoms with E-state index >= 15 is 0 Å². The Morgan fingerprint density at radius 2 is 1.73 bits per heavy atom. The number of anilines is 1. The van der Waals surface area contributed by atoms with E-state index in [9.17, 15) is 26.0 Å². The lowest BCUT2D eigenvalue weighted by Gasteiger charge is -2.34. The van der Waals surface area contributed by atoms with E-state index < -0.39 is 31.8 Å². The Bertz CT molecular complexity index is 1820. The third kappa shape index (κ3) is 5.46. The Kier molecular flexibility index (Phi) is 7.66. The zero-order chi connectivity index (χ0) is 29.5. The average Bonchev–Trinajstić information content (AvgIpc) is 3.34. The van der Waals surface area contributed by atoms with Crippen LogP contribution in [0.4, 0.5) is 10.1 Å². The van der Waals surface area contributed by atoms with Crippen molar-refractivity contribution in [3.8, 4) is 11.3 Å². The van der Waals surface area contributed by atoms with Crippen LogP contribution in [-0.4, -0.2) is 60.5 Å². The Balaban J connectivity index is 1.69. The van der Waals surface area contributed by atoms with E-state index in [1.54, 1.807) is 42.5 Å². The van der Waals surface area contributed by atoms with Gasteiger partial charge < -0.3 is 9.73 Å². The molecule has 1 amide bonds. The van der Waals surface area contributed by atoms with Gasteiger partial charge in [-0.3, -0.25) is 9.10 Å². The van der Waals surface area contributed by atoms with Gasteiger partial charge in [-0.25, -0.2) is 21.2 Å². The lowest BCUT2D eigenvalue weighted by Crippen LogP contribution is -2.39. The molecule has 3 aromatic carbocycles. The molecule has 1 saturated heterocycles. The first-order valence-electron chi connectivity index (χ1n) is 13.0. The van der Waals surface area contributed by atoms with Crippen LogP contribution in [0.25, 0.3) is 22.3 Å². The first kappa shape index (κ1) is 28.8. The van der Waals surface area contributed by atoms with Gasteiger partial charge in [-0.1, -0.05) is 18.2 Å². The van der Waals surface area contributed by atoms with Gasteiger partial charge in [0, 0.05) is 44.2 Å². The Morgan fingerprint density at radius 1 is 1.05 bits per heavy atom. The van der Waals surface area contributed by atoms with Gasteiger partial charge in [0.05, 0.1) is 22.4 Å². The van der Waals surface area contributed by atoms with Crippen LogP contribution in [0.3, 0.4) is 0 Å². The number of carbonyl (C=O) groups excluding carboxylic acids is 1. The van der Waals surface area contributed by atoms with E-state index in [0.717, 1.165) is 10.6 Å². The minimum Gasteiger partial charge on any atom is -0.455 e. The van der Waals surface area contributed by atoms with Crippen LogP contribution < -0.4 is 9.62 Å². The number of fused-ring (bicyclic) bond motifs is 1. The minimum absolute atomic E-state index is 0.130. The normalized spacial score (nSPS) is 16.5. The van der Waals surface area contributed by atoms with Crippen LogP contribution in [0.15, 0.2) is 76.0 Å². The number of hydrogen-bond donors (Lipinski definition) is 1. The van der Waals surface area contributed by atoms with E-state index in [1.165, 1.54) is 42.7 Å². The molecule has 4 aromatic rings. The molecule has 1 aliphatic heterocycles. The molecule has 41 heavy (non-hydrogen) atoms. The molecule has 0 aliphatic carbocycles. The van der Waals surface area contributed by atoms with Crippen molar-refractivity contribution < 1.29 is 30.4 Å². The second kappa shape index (κ2) is 10.9. The number of rotatable bonds is 7. The molecule has 9 nitrogen and oxygen atoms in total. The van der Waals surface area contributed by atoms with E-state index in [4.69, 9.17) is 4.42 Å². The lowest BCUT2D eigenvalue weighted by molar-refractivity contribution is 0.0964. The lowest BCUT2D eigenvalue weighted by atomic mass is 9.89. The van der Waals surface area contributed by atoms with E-state index in [0.29, 0.717) is 41.6 Å². The van der Waals surface area contributed by atoms with Crippen LogP contribution in [0, 0.1) is 5.82 Å². The summed E-state index contributed by atoms with van der Waals surface area (Å²) >= 11 is 0. The van der Waals surface area contributed by atoms with E-state index in [-0.39, 0.29) is 34.3 Å². The predicted molar refractivity (Wildman–Crippen MR) is 155 cm³/mol. The molecule has 0 radical (unpaired) electrons. The van der Waals surface area contributed by atoms with Crippen molar-refractivity contribution in [2.75, 3.05) is 37.7 Å². The number of piperidine rings is 1. The average molecular weight is 600 g/mol. The van der Waals surface area contributed by atoms with Crippen LogP contribution in [0.2, 0.25) is 0 Å². The van der Waals surface area contributed by atoms with Gasteiger partial charge in [-0.15, -0.1) is 0 Å². The highest BCUT2D eigenvalue weighted by Crippen LogP contribution is 2.42. The van der Waals surface area contributed by atoms with Crippen LogP contribution >= 0.6 is 0 Å². The van der Waals surface area contributed by atoms with Gasteiger partial charge in [0.2, 0.25) is 20.0 Å². The molecule has 0 saturated carbocycles.